The number of ether oxygens (including phenoxy) is 2. The minimum absolute atomic E-state index is 0.262. The van der Waals surface area contributed by atoms with Gasteiger partial charge in [-0.2, -0.15) is 0 Å². The van der Waals surface area contributed by atoms with Crippen molar-refractivity contribution in [2.75, 3.05) is 7.11 Å². The van der Waals surface area contributed by atoms with Crippen LogP contribution in [0.25, 0.3) is 0 Å². The van der Waals surface area contributed by atoms with Crippen LogP contribution in [0.15, 0.2) is 18.2 Å². The molecular weight excluding hydrogens is 248 g/mol. The van der Waals surface area contributed by atoms with Crippen molar-refractivity contribution in [2.45, 2.75) is 38.5 Å². The predicted octanol–water partition coefficient (Wildman–Crippen LogP) is 0.793. The quantitative estimate of drug-likeness (QED) is 0.784. The van der Waals surface area contributed by atoms with Crippen LogP contribution in [0, 0.1) is 0 Å². The predicted molar refractivity (Wildman–Crippen MR) is 69.6 cm³/mol. The first kappa shape index (κ1) is 15.4. The van der Waals surface area contributed by atoms with Gasteiger partial charge in [0, 0.05) is 6.07 Å². The van der Waals surface area contributed by atoms with E-state index in [4.69, 9.17) is 15.2 Å². The number of pyridine rings is 1. The molecule has 106 valence electrons. The molecule has 0 aromatic carbocycles. The van der Waals surface area contributed by atoms with Crippen LogP contribution in [-0.2, 0) is 9.53 Å². The SMILES string of the molecule is COc1cccc([C@@H](O)[C@@H](N)C(=O)OC(C)(C)C)n1. The summed E-state index contributed by atoms with van der Waals surface area (Å²) in [5.41, 5.74) is 5.29. The van der Waals surface area contributed by atoms with Gasteiger partial charge in [0.05, 0.1) is 12.8 Å². The molecule has 0 aliphatic heterocycles. The number of aromatic nitrogens is 1. The lowest BCUT2D eigenvalue weighted by molar-refractivity contribution is -0.159. The summed E-state index contributed by atoms with van der Waals surface area (Å²) < 4.78 is 10.1. The van der Waals surface area contributed by atoms with Gasteiger partial charge in [-0.25, -0.2) is 4.98 Å². The normalized spacial score (nSPS) is 14.6. The van der Waals surface area contributed by atoms with Crippen LogP contribution < -0.4 is 10.5 Å². The molecule has 0 aliphatic carbocycles. The van der Waals surface area contributed by atoms with E-state index in [1.165, 1.54) is 7.11 Å². The van der Waals surface area contributed by atoms with Crippen molar-refractivity contribution in [1.29, 1.82) is 0 Å². The molecule has 0 amide bonds. The number of hydrogen-bond donors (Lipinski definition) is 2. The van der Waals surface area contributed by atoms with Gasteiger partial charge >= 0.3 is 5.97 Å². The van der Waals surface area contributed by atoms with Crippen LogP contribution in [0.2, 0.25) is 0 Å². The molecule has 3 N–H and O–H groups in total. The molecule has 0 aliphatic rings. The van der Waals surface area contributed by atoms with Crippen molar-refractivity contribution in [3.05, 3.63) is 23.9 Å². The fraction of sp³-hybridized carbons (Fsp3) is 0.538. The highest BCUT2D eigenvalue weighted by Gasteiger charge is 2.29. The number of nitrogens with two attached hydrogens (primary N) is 1. The summed E-state index contributed by atoms with van der Waals surface area (Å²) >= 11 is 0. The molecule has 0 saturated carbocycles. The smallest absolute Gasteiger partial charge is 0.326 e. The minimum Gasteiger partial charge on any atom is -0.481 e. The van der Waals surface area contributed by atoms with Crippen molar-refractivity contribution < 1.29 is 19.4 Å². The summed E-state index contributed by atoms with van der Waals surface area (Å²) in [4.78, 5) is 15.8. The highest BCUT2D eigenvalue weighted by Crippen LogP contribution is 2.19. The second-order valence-corrected chi connectivity index (χ2v) is 5.11. The Labute approximate surface area is 112 Å². The third-order valence-electron chi connectivity index (χ3n) is 2.28. The van der Waals surface area contributed by atoms with Gasteiger partial charge in [-0.05, 0) is 26.8 Å². The van der Waals surface area contributed by atoms with E-state index in [9.17, 15) is 9.90 Å². The average Bonchev–Trinajstić information content (AvgIpc) is 2.35. The van der Waals surface area contributed by atoms with Gasteiger partial charge in [0.1, 0.15) is 17.7 Å². The molecule has 0 bridgehead atoms. The number of aliphatic hydroxyl groups excluding tert-OH is 1. The Bertz CT molecular complexity index is 443. The van der Waals surface area contributed by atoms with Crippen LogP contribution in [0.5, 0.6) is 5.88 Å². The topological polar surface area (TPSA) is 94.7 Å². The van der Waals surface area contributed by atoms with E-state index in [2.05, 4.69) is 4.98 Å². The van der Waals surface area contributed by atoms with Crippen molar-refractivity contribution in [3.8, 4) is 5.88 Å². The van der Waals surface area contributed by atoms with Crippen molar-refractivity contribution in [3.63, 3.8) is 0 Å². The maximum absolute atomic E-state index is 11.8. The van der Waals surface area contributed by atoms with Crippen LogP contribution in [-0.4, -0.2) is 34.8 Å². The van der Waals surface area contributed by atoms with Gasteiger partial charge in [0.15, 0.2) is 0 Å². The Morgan fingerprint density at radius 1 is 1.42 bits per heavy atom. The zero-order chi connectivity index (χ0) is 14.6. The van der Waals surface area contributed by atoms with Gasteiger partial charge in [-0.15, -0.1) is 0 Å². The highest BCUT2D eigenvalue weighted by atomic mass is 16.6. The number of methoxy groups -OCH3 is 1. The second kappa shape index (κ2) is 5.99. The largest absolute Gasteiger partial charge is 0.481 e. The third kappa shape index (κ3) is 4.50. The monoisotopic (exact) mass is 268 g/mol. The number of carbonyl (C=O) groups is 1. The number of hydrogen-bond acceptors (Lipinski definition) is 6. The third-order valence-corrected chi connectivity index (χ3v) is 2.28. The van der Waals surface area contributed by atoms with E-state index >= 15 is 0 Å². The highest BCUT2D eigenvalue weighted by molar-refractivity contribution is 5.76. The van der Waals surface area contributed by atoms with Gasteiger partial charge in [0.2, 0.25) is 5.88 Å². The molecular formula is C13H20N2O4. The Kier molecular flexibility index (Phi) is 4.85. The number of nitrogens with zero attached hydrogens (tertiary/aromatic N) is 1. The number of carbonyl (C=O) groups excluding carboxylic acids is 1. The molecule has 6 heteroatoms. The lowest BCUT2D eigenvalue weighted by atomic mass is 10.1. The van der Waals surface area contributed by atoms with Crippen LogP contribution in [0.4, 0.5) is 0 Å². The minimum atomic E-state index is -1.25. The molecule has 1 aromatic rings. The van der Waals surface area contributed by atoms with Gasteiger partial charge in [0.25, 0.3) is 0 Å². The van der Waals surface area contributed by atoms with Crippen LogP contribution >= 0.6 is 0 Å². The van der Waals surface area contributed by atoms with Gasteiger partial charge in [-0.1, -0.05) is 6.07 Å². The Morgan fingerprint density at radius 2 is 2.05 bits per heavy atom. The van der Waals surface area contributed by atoms with E-state index in [1.807, 2.05) is 0 Å². The molecule has 1 aromatic heterocycles. The lowest BCUT2D eigenvalue weighted by Crippen LogP contribution is -2.41. The standard InChI is InChI=1S/C13H20N2O4/c1-13(2,3)19-12(17)10(14)11(16)8-6-5-7-9(15-8)18-4/h5-7,10-11,16H,14H2,1-4H3/t10-,11-/m1/s1. The molecule has 2 atom stereocenters. The summed E-state index contributed by atoms with van der Waals surface area (Å²) in [5, 5.41) is 10.0. The van der Waals surface area contributed by atoms with Crippen LogP contribution in [0.1, 0.15) is 32.6 Å². The number of esters is 1. The maximum atomic E-state index is 11.8. The summed E-state index contributed by atoms with van der Waals surface area (Å²) in [6.07, 6.45) is -1.25. The van der Waals surface area contributed by atoms with E-state index in [0.29, 0.717) is 5.88 Å². The van der Waals surface area contributed by atoms with Crippen LogP contribution in [0.3, 0.4) is 0 Å². The summed E-state index contributed by atoms with van der Waals surface area (Å²) in [5.74, 6) is -0.336. The molecule has 1 rings (SSSR count). The summed E-state index contributed by atoms with van der Waals surface area (Å²) in [6.45, 7) is 5.19. The first-order valence-electron chi connectivity index (χ1n) is 5.92. The van der Waals surface area contributed by atoms with E-state index in [-0.39, 0.29) is 5.69 Å². The Hall–Kier alpha value is -1.66. The second-order valence-electron chi connectivity index (χ2n) is 5.11. The average molecular weight is 268 g/mol. The van der Waals surface area contributed by atoms with Gasteiger partial charge in [-0.3, -0.25) is 4.79 Å². The molecule has 0 fully saturated rings. The maximum Gasteiger partial charge on any atom is 0.326 e. The van der Waals surface area contributed by atoms with E-state index in [1.54, 1.807) is 39.0 Å². The molecule has 19 heavy (non-hydrogen) atoms. The van der Waals surface area contributed by atoms with Gasteiger partial charge < -0.3 is 20.3 Å². The van der Waals surface area contributed by atoms with Crippen molar-refractivity contribution in [2.24, 2.45) is 5.73 Å². The molecule has 0 radical (unpaired) electrons. The fourth-order valence-corrected chi connectivity index (χ4v) is 1.39. The molecule has 6 nitrogen and oxygen atoms in total. The molecule has 0 unspecified atom stereocenters. The van der Waals surface area contributed by atoms with Crippen molar-refractivity contribution >= 4 is 5.97 Å². The number of aliphatic hydroxyl groups is 1. The molecule has 1 heterocycles. The first-order valence-corrected chi connectivity index (χ1v) is 5.92. The molecule has 0 spiro atoms. The van der Waals surface area contributed by atoms with E-state index < -0.39 is 23.7 Å². The number of rotatable bonds is 4. The van der Waals surface area contributed by atoms with E-state index in [0.717, 1.165) is 0 Å². The zero-order valence-corrected chi connectivity index (χ0v) is 11.6. The Balaban J connectivity index is 2.81. The Morgan fingerprint density at radius 3 is 2.58 bits per heavy atom. The van der Waals surface area contributed by atoms with Crippen molar-refractivity contribution in [1.82, 2.24) is 4.98 Å². The zero-order valence-electron chi connectivity index (χ0n) is 11.6. The summed E-state index contributed by atoms with van der Waals surface area (Å²) in [7, 11) is 1.46. The fourth-order valence-electron chi connectivity index (χ4n) is 1.39. The first-order chi connectivity index (χ1) is 8.74. The summed E-state index contributed by atoms with van der Waals surface area (Å²) in [6, 6.07) is 3.66. The lowest BCUT2D eigenvalue weighted by Gasteiger charge is -2.24. The molecule has 0 saturated heterocycles.